The largest absolute Gasteiger partial charge is 0.396 e. The third kappa shape index (κ3) is 28.8. The van der Waals surface area contributed by atoms with E-state index in [-0.39, 0.29) is 40.3 Å². The van der Waals surface area contributed by atoms with Crippen molar-refractivity contribution in [3.63, 3.8) is 0 Å². The number of rotatable bonds is 16. The summed E-state index contributed by atoms with van der Waals surface area (Å²) in [5, 5.41) is 34.5. The quantitative estimate of drug-likeness (QED) is 0.190. The van der Waals surface area contributed by atoms with Crippen molar-refractivity contribution in [3.8, 4) is 0 Å². The van der Waals surface area contributed by atoms with Crippen LogP contribution in [-0.2, 0) is 21.7 Å². The molecule has 0 heterocycles. The minimum atomic E-state index is -0.222. The first-order chi connectivity index (χ1) is 13.1. The van der Waals surface area contributed by atoms with E-state index < -0.39 is 0 Å². The summed E-state index contributed by atoms with van der Waals surface area (Å²) >= 11 is 0. The van der Waals surface area contributed by atoms with Gasteiger partial charge in [0, 0.05) is 40.3 Å². The third-order valence-corrected chi connectivity index (χ3v) is 5.19. The van der Waals surface area contributed by atoms with Crippen LogP contribution in [0.15, 0.2) is 0 Å². The molecular weight excluding hydrogens is 388 g/mol. The number of unbranched alkanes of at least 4 members (excludes halogenated alkanes) is 10. The standard InChI is InChI=1S/2C8H18O.C7H16O2.Ti/c2*1-2-3-4-5-6-7-8-9;1-3-7(4-2,5-8)6-9;/h2*9H,2-8H2,1H3;8-9H,3-6H2,1-2H3;. The van der Waals surface area contributed by atoms with Gasteiger partial charge in [-0.25, -0.2) is 0 Å². The Kier molecular flexibility index (Phi) is 41.4. The fourth-order valence-corrected chi connectivity index (χ4v) is 2.53. The summed E-state index contributed by atoms with van der Waals surface area (Å²) in [6.07, 6.45) is 16.7. The van der Waals surface area contributed by atoms with E-state index in [1.54, 1.807) is 0 Å². The van der Waals surface area contributed by atoms with Crippen molar-refractivity contribution in [2.45, 2.75) is 118 Å². The molecule has 0 radical (unpaired) electrons. The van der Waals surface area contributed by atoms with Crippen LogP contribution < -0.4 is 0 Å². The zero-order valence-electron chi connectivity index (χ0n) is 19.5. The topological polar surface area (TPSA) is 80.9 Å². The Morgan fingerprint density at radius 2 is 0.750 bits per heavy atom. The molecule has 5 heteroatoms. The number of aliphatic hydroxyl groups excluding tert-OH is 4. The summed E-state index contributed by atoms with van der Waals surface area (Å²) < 4.78 is 0. The van der Waals surface area contributed by atoms with Crippen molar-refractivity contribution in [3.05, 3.63) is 0 Å². The molecule has 0 atom stereocenters. The Bertz CT molecular complexity index is 193. The monoisotopic (exact) mass is 440 g/mol. The van der Waals surface area contributed by atoms with Gasteiger partial charge in [0.1, 0.15) is 0 Å². The Hall–Kier alpha value is 0.554. The van der Waals surface area contributed by atoms with E-state index in [1.165, 1.54) is 64.2 Å². The van der Waals surface area contributed by atoms with E-state index in [1.807, 2.05) is 13.8 Å². The molecule has 4 N–H and O–H groups in total. The minimum absolute atomic E-state index is 0. The summed E-state index contributed by atoms with van der Waals surface area (Å²) in [4.78, 5) is 0. The van der Waals surface area contributed by atoms with E-state index in [4.69, 9.17) is 20.4 Å². The molecular formula is C23H52O4Ti. The molecule has 0 rings (SSSR count). The molecule has 0 bridgehead atoms. The zero-order chi connectivity index (χ0) is 21.2. The molecule has 0 aliphatic carbocycles. The van der Waals surface area contributed by atoms with Crippen molar-refractivity contribution >= 4 is 0 Å². The molecule has 172 valence electrons. The van der Waals surface area contributed by atoms with Gasteiger partial charge in [-0.05, 0) is 25.7 Å². The SMILES string of the molecule is CCC(CC)(CO)CO.CCCCCCCCO.CCCCCCCCO.[Ti]. The molecule has 0 aliphatic rings. The Labute approximate surface area is 191 Å². The van der Waals surface area contributed by atoms with Crippen molar-refractivity contribution in [2.75, 3.05) is 26.4 Å². The van der Waals surface area contributed by atoms with Gasteiger partial charge in [0.2, 0.25) is 0 Å². The van der Waals surface area contributed by atoms with Gasteiger partial charge in [0.15, 0.2) is 0 Å². The molecule has 0 amide bonds. The predicted molar refractivity (Wildman–Crippen MR) is 118 cm³/mol. The summed E-state index contributed by atoms with van der Waals surface area (Å²) in [6.45, 7) is 9.31. The maximum atomic E-state index is 8.82. The van der Waals surface area contributed by atoms with Crippen LogP contribution in [-0.4, -0.2) is 46.9 Å². The average Bonchev–Trinajstić information content (AvgIpc) is 2.71. The summed E-state index contributed by atoms with van der Waals surface area (Å²) in [6, 6.07) is 0. The zero-order valence-corrected chi connectivity index (χ0v) is 21.1. The maximum Gasteiger partial charge on any atom is 0.0509 e. The molecule has 0 saturated heterocycles. The van der Waals surface area contributed by atoms with Gasteiger partial charge in [0.25, 0.3) is 0 Å². The number of hydrogen-bond acceptors (Lipinski definition) is 4. The van der Waals surface area contributed by atoms with Crippen LogP contribution in [0.25, 0.3) is 0 Å². The van der Waals surface area contributed by atoms with Gasteiger partial charge in [-0.1, -0.05) is 91.9 Å². The fourth-order valence-electron chi connectivity index (χ4n) is 2.53. The van der Waals surface area contributed by atoms with Crippen LogP contribution in [0.4, 0.5) is 0 Å². The summed E-state index contributed by atoms with van der Waals surface area (Å²) in [5.41, 5.74) is -0.222. The van der Waals surface area contributed by atoms with Crippen molar-refractivity contribution in [1.29, 1.82) is 0 Å². The second kappa shape index (κ2) is 32.2. The molecule has 0 aliphatic heterocycles. The van der Waals surface area contributed by atoms with Crippen LogP contribution in [0.2, 0.25) is 0 Å². The van der Waals surface area contributed by atoms with Gasteiger partial charge < -0.3 is 20.4 Å². The molecule has 0 fully saturated rings. The van der Waals surface area contributed by atoms with E-state index in [0.717, 1.165) is 25.7 Å². The van der Waals surface area contributed by atoms with Crippen LogP contribution in [0.1, 0.15) is 118 Å². The van der Waals surface area contributed by atoms with Gasteiger partial charge in [-0.15, -0.1) is 0 Å². The minimum Gasteiger partial charge on any atom is -0.396 e. The first-order valence-electron chi connectivity index (χ1n) is 11.5. The van der Waals surface area contributed by atoms with Crippen LogP contribution in [0.3, 0.4) is 0 Å². The smallest absolute Gasteiger partial charge is 0.0509 e. The Morgan fingerprint density at radius 1 is 0.464 bits per heavy atom. The molecule has 28 heavy (non-hydrogen) atoms. The van der Waals surface area contributed by atoms with Gasteiger partial charge in [0.05, 0.1) is 13.2 Å². The first kappa shape index (κ1) is 36.0. The van der Waals surface area contributed by atoms with Gasteiger partial charge >= 0.3 is 0 Å². The summed E-state index contributed by atoms with van der Waals surface area (Å²) in [7, 11) is 0. The van der Waals surface area contributed by atoms with Crippen LogP contribution in [0, 0.1) is 5.41 Å². The molecule has 0 aromatic carbocycles. The molecule has 0 saturated carbocycles. The molecule has 0 aromatic heterocycles. The molecule has 0 spiro atoms. The normalized spacial score (nSPS) is 10.3. The van der Waals surface area contributed by atoms with E-state index in [0.29, 0.717) is 13.2 Å². The fraction of sp³-hybridized carbons (Fsp3) is 1.00. The molecule has 4 nitrogen and oxygen atoms in total. The van der Waals surface area contributed by atoms with Crippen molar-refractivity contribution in [1.82, 2.24) is 0 Å². The summed E-state index contributed by atoms with van der Waals surface area (Å²) in [5.74, 6) is 0. The van der Waals surface area contributed by atoms with Crippen LogP contribution in [0.5, 0.6) is 0 Å². The van der Waals surface area contributed by atoms with Gasteiger partial charge in [-0.3, -0.25) is 0 Å². The predicted octanol–water partition coefficient (Wildman–Crippen LogP) is 5.45. The number of hydrogen-bond donors (Lipinski definition) is 4. The van der Waals surface area contributed by atoms with Crippen molar-refractivity contribution in [2.24, 2.45) is 5.41 Å². The Balaban J connectivity index is -0.000000152. The van der Waals surface area contributed by atoms with E-state index in [2.05, 4.69) is 13.8 Å². The Morgan fingerprint density at radius 3 is 0.929 bits per heavy atom. The van der Waals surface area contributed by atoms with Crippen molar-refractivity contribution < 1.29 is 42.1 Å². The molecule has 0 unspecified atom stereocenters. The average molecular weight is 441 g/mol. The number of aliphatic hydroxyl groups is 4. The van der Waals surface area contributed by atoms with Gasteiger partial charge in [-0.2, -0.15) is 0 Å². The third-order valence-electron chi connectivity index (χ3n) is 5.19. The van der Waals surface area contributed by atoms with Crippen LogP contribution >= 0.6 is 0 Å². The second-order valence-electron chi connectivity index (χ2n) is 7.51. The first-order valence-corrected chi connectivity index (χ1v) is 11.5. The van der Waals surface area contributed by atoms with E-state index in [9.17, 15) is 0 Å². The second-order valence-corrected chi connectivity index (χ2v) is 7.51. The van der Waals surface area contributed by atoms with E-state index >= 15 is 0 Å². The molecule has 0 aromatic rings. The maximum absolute atomic E-state index is 8.82.